The van der Waals surface area contributed by atoms with Crippen LogP contribution in [0.5, 0.6) is 0 Å². The number of hydrogen-bond donors (Lipinski definition) is 3. The van der Waals surface area contributed by atoms with E-state index in [0.717, 1.165) is 6.42 Å². The normalized spacial score (nSPS) is 10.3. The fourth-order valence-electron chi connectivity index (χ4n) is 1.73. The van der Waals surface area contributed by atoms with Crippen LogP contribution in [0, 0.1) is 0 Å². The number of anilines is 1. The molecule has 0 radical (unpaired) electrons. The van der Waals surface area contributed by atoms with E-state index in [1.807, 2.05) is 6.92 Å². The zero-order chi connectivity index (χ0) is 17.2. The summed E-state index contributed by atoms with van der Waals surface area (Å²) in [6, 6.07) is 6.18. The first-order valence-corrected chi connectivity index (χ1v) is 7.60. The Labute approximate surface area is 140 Å². The molecule has 3 N–H and O–H groups in total. The zero-order valence-electron chi connectivity index (χ0n) is 13.2. The molecule has 1 aromatic carbocycles. The SMILES string of the molecule is CCCNC(=O)NC(=O)CN(C)CC(=O)Nc1ccc(Cl)cc1. The van der Waals surface area contributed by atoms with Crippen molar-refractivity contribution in [1.82, 2.24) is 15.5 Å². The summed E-state index contributed by atoms with van der Waals surface area (Å²) in [5.74, 6) is -0.738. The van der Waals surface area contributed by atoms with E-state index in [-0.39, 0.29) is 19.0 Å². The van der Waals surface area contributed by atoms with Crippen molar-refractivity contribution >= 4 is 35.1 Å². The summed E-state index contributed by atoms with van der Waals surface area (Å²) in [4.78, 5) is 36.3. The molecule has 4 amide bonds. The highest BCUT2D eigenvalue weighted by atomic mass is 35.5. The van der Waals surface area contributed by atoms with Crippen molar-refractivity contribution in [1.29, 1.82) is 0 Å². The van der Waals surface area contributed by atoms with E-state index >= 15 is 0 Å². The van der Waals surface area contributed by atoms with Crippen molar-refractivity contribution in [2.24, 2.45) is 0 Å². The number of urea groups is 1. The Kier molecular flexibility index (Phi) is 8.07. The Balaban J connectivity index is 2.33. The number of rotatable bonds is 7. The van der Waals surface area contributed by atoms with Gasteiger partial charge in [0.05, 0.1) is 13.1 Å². The topological polar surface area (TPSA) is 90.5 Å². The summed E-state index contributed by atoms with van der Waals surface area (Å²) >= 11 is 5.76. The number of benzene rings is 1. The second-order valence-electron chi connectivity index (χ2n) is 5.03. The van der Waals surface area contributed by atoms with Crippen molar-refractivity contribution in [2.45, 2.75) is 13.3 Å². The molecule has 0 atom stereocenters. The third-order valence-electron chi connectivity index (χ3n) is 2.74. The molecule has 1 rings (SSSR count). The summed E-state index contributed by atoms with van der Waals surface area (Å²) in [5.41, 5.74) is 0.621. The molecule has 0 aliphatic carbocycles. The van der Waals surface area contributed by atoms with Gasteiger partial charge in [-0.15, -0.1) is 0 Å². The lowest BCUT2D eigenvalue weighted by atomic mass is 10.3. The summed E-state index contributed by atoms with van der Waals surface area (Å²) in [5, 5.41) is 8.01. The number of amides is 4. The largest absolute Gasteiger partial charge is 0.338 e. The first-order valence-electron chi connectivity index (χ1n) is 7.22. The predicted octanol–water partition coefficient (Wildman–Crippen LogP) is 1.45. The molecule has 0 aliphatic rings. The summed E-state index contributed by atoms with van der Waals surface area (Å²) in [6.07, 6.45) is 0.784. The molecule has 7 nitrogen and oxygen atoms in total. The average Bonchev–Trinajstić information content (AvgIpc) is 2.47. The van der Waals surface area contributed by atoms with Gasteiger partial charge in [-0.25, -0.2) is 4.79 Å². The average molecular weight is 341 g/mol. The summed E-state index contributed by atoms with van der Waals surface area (Å²) < 4.78 is 0. The van der Waals surface area contributed by atoms with Crippen LogP contribution in [-0.4, -0.2) is 49.4 Å². The fraction of sp³-hybridized carbons (Fsp3) is 0.400. The van der Waals surface area contributed by atoms with Crippen molar-refractivity contribution in [3.8, 4) is 0 Å². The maximum absolute atomic E-state index is 11.9. The lowest BCUT2D eigenvalue weighted by molar-refractivity contribution is -0.122. The van der Waals surface area contributed by atoms with Crippen molar-refractivity contribution in [2.75, 3.05) is 32.0 Å². The highest BCUT2D eigenvalue weighted by Crippen LogP contribution is 2.13. The number of nitrogens with one attached hydrogen (secondary N) is 3. The highest BCUT2D eigenvalue weighted by Gasteiger charge is 2.13. The first-order chi connectivity index (χ1) is 10.9. The van der Waals surface area contributed by atoms with Crippen LogP contribution in [0.15, 0.2) is 24.3 Å². The Morgan fingerprint density at radius 3 is 2.30 bits per heavy atom. The molecule has 0 aromatic heterocycles. The number of carbonyl (C=O) groups is 3. The third kappa shape index (κ3) is 8.18. The molecular weight excluding hydrogens is 320 g/mol. The van der Waals surface area contributed by atoms with E-state index in [2.05, 4.69) is 16.0 Å². The Morgan fingerprint density at radius 2 is 1.70 bits per heavy atom. The molecular formula is C15H21ClN4O3. The van der Waals surface area contributed by atoms with Gasteiger partial charge >= 0.3 is 6.03 Å². The molecule has 126 valence electrons. The van der Waals surface area contributed by atoms with Gasteiger partial charge in [0.2, 0.25) is 11.8 Å². The van der Waals surface area contributed by atoms with Gasteiger partial charge in [0.15, 0.2) is 0 Å². The van der Waals surface area contributed by atoms with Crippen LogP contribution >= 0.6 is 11.6 Å². The van der Waals surface area contributed by atoms with Crippen LogP contribution in [0.3, 0.4) is 0 Å². The molecule has 0 fully saturated rings. The van der Waals surface area contributed by atoms with E-state index in [4.69, 9.17) is 11.6 Å². The van der Waals surface area contributed by atoms with Crippen LogP contribution in [0.25, 0.3) is 0 Å². The number of likely N-dealkylation sites (N-methyl/N-ethyl adjacent to an activating group) is 1. The van der Waals surface area contributed by atoms with Gasteiger partial charge < -0.3 is 10.6 Å². The molecule has 0 saturated carbocycles. The molecule has 0 spiro atoms. The second kappa shape index (κ2) is 9.81. The number of hydrogen-bond acceptors (Lipinski definition) is 4. The lowest BCUT2D eigenvalue weighted by Crippen LogP contribution is -2.45. The monoisotopic (exact) mass is 340 g/mol. The fourth-order valence-corrected chi connectivity index (χ4v) is 1.85. The van der Waals surface area contributed by atoms with Gasteiger partial charge in [0.25, 0.3) is 0 Å². The van der Waals surface area contributed by atoms with E-state index in [1.165, 1.54) is 4.90 Å². The summed E-state index contributed by atoms with van der Waals surface area (Å²) in [7, 11) is 1.62. The maximum atomic E-state index is 11.9. The van der Waals surface area contributed by atoms with Gasteiger partial charge in [0.1, 0.15) is 0 Å². The number of nitrogens with zero attached hydrogens (tertiary/aromatic N) is 1. The van der Waals surface area contributed by atoms with E-state index in [1.54, 1.807) is 31.3 Å². The number of imide groups is 1. The lowest BCUT2D eigenvalue weighted by Gasteiger charge is -2.15. The maximum Gasteiger partial charge on any atom is 0.321 e. The Morgan fingerprint density at radius 1 is 1.09 bits per heavy atom. The van der Waals surface area contributed by atoms with E-state index in [0.29, 0.717) is 17.3 Å². The smallest absolute Gasteiger partial charge is 0.321 e. The molecule has 8 heteroatoms. The van der Waals surface area contributed by atoms with Gasteiger partial charge in [-0.2, -0.15) is 0 Å². The highest BCUT2D eigenvalue weighted by molar-refractivity contribution is 6.30. The predicted molar refractivity (Wildman–Crippen MR) is 89.4 cm³/mol. The molecule has 23 heavy (non-hydrogen) atoms. The van der Waals surface area contributed by atoms with Crippen molar-refractivity contribution in [3.05, 3.63) is 29.3 Å². The number of carbonyl (C=O) groups excluding carboxylic acids is 3. The van der Waals surface area contributed by atoms with Gasteiger partial charge in [-0.05, 0) is 37.7 Å². The molecule has 0 saturated heterocycles. The van der Waals surface area contributed by atoms with Crippen molar-refractivity contribution in [3.63, 3.8) is 0 Å². The molecule has 0 heterocycles. The van der Waals surface area contributed by atoms with Crippen molar-refractivity contribution < 1.29 is 14.4 Å². The molecule has 0 bridgehead atoms. The Hall–Kier alpha value is -2.12. The number of halogens is 1. The van der Waals surface area contributed by atoms with Gasteiger partial charge in [-0.1, -0.05) is 18.5 Å². The van der Waals surface area contributed by atoms with Crippen LogP contribution in [0.4, 0.5) is 10.5 Å². The minimum Gasteiger partial charge on any atom is -0.338 e. The summed E-state index contributed by atoms with van der Waals surface area (Å²) in [6.45, 7) is 2.37. The van der Waals surface area contributed by atoms with Gasteiger partial charge in [-0.3, -0.25) is 19.8 Å². The standard InChI is InChI=1S/C15H21ClN4O3/c1-3-8-17-15(23)19-14(22)10-20(2)9-13(21)18-12-6-4-11(16)5-7-12/h4-7H,3,8-10H2,1-2H3,(H,18,21)(H2,17,19,22,23). The van der Waals surface area contributed by atoms with E-state index in [9.17, 15) is 14.4 Å². The molecule has 0 unspecified atom stereocenters. The zero-order valence-corrected chi connectivity index (χ0v) is 13.9. The quantitative estimate of drug-likeness (QED) is 0.700. The second-order valence-corrected chi connectivity index (χ2v) is 5.47. The van der Waals surface area contributed by atoms with Gasteiger partial charge in [0, 0.05) is 17.3 Å². The molecule has 1 aromatic rings. The minimum absolute atomic E-state index is 0.0205. The third-order valence-corrected chi connectivity index (χ3v) is 3.00. The van der Waals surface area contributed by atoms with Crippen LogP contribution in [0.2, 0.25) is 5.02 Å². The Bertz CT molecular complexity index is 548. The van der Waals surface area contributed by atoms with Crippen LogP contribution in [-0.2, 0) is 9.59 Å². The van der Waals surface area contributed by atoms with E-state index < -0.39 is 11.9 Å². The first kappa shape index (κ1) is 18.9. The molecule has 0 aliphatic heterocycles. The van der Waals surface area contributed by atoms with Crippen LogP contribution < -0.4 is 16.0 Å². The minimum atomic E-state index is -0.532. The van der Waals surface area contributed by atoms with Crippen LogP contribution in [0.1, 0.15) is 13.3 Å².